The molecule has 2 aromatic heterocycles. The van der Waals surface area contributed by atoms with E-state index in [-0.39, 0.29) is 0 Å². The van der Waals surface area contributed by atoms with Crippen LogP contribution < -0.4 is 15.9 Å². The molecule has 152 valence electrons. The molecule has 0 aliphatic rings. The van der Waals surface area contributed by atoms with Crippen LogP contribution in [-0.4, -0.2) is 36.8 Å². The zero-order chi connectivity index (χ0) is 20.1. The number of nitrogens with zero attached hydrogens (tertiary/aromatic N) is 2. The van der Waals surface area contributed by atoms with E-state index in [1.807, 2.05) is 46.1 Å². The minimum Gasteiger partial charge on any atom is -0.305 e. The van der Waals surface area contributed by atoms with E-state index in [0.29, 0.717) is 0 Å². The lowest BCUT2D eigenvalue weighted by Gasteiger charge is -2.09. The summed E-state index contributed by atoms with van der Waals surface area (Å²) < 4.78 is 3.67. The second-order valence-electron chi connectivity index (χ2n) is 6.77. The van der Waals surface area contributed by atoms with E-state index in [4.69, 9.17) is 14.6 Å². The number of hydrogen-bond acceptors (Lipinski definition) is 5. The van der Waals surface area contributed by atoms with Crippen molar-refractivity contribution in [3.63, 3.8) is 0 Å². The second kappa shape index (κ2) is 9.11. The summed E-state index contributed by atoms with van der Waals surface area (Å²) in [5, 5.41) is 2.35. The van der Waals surface area contributed by atoms with Crippen molar-refractivity contribution in [2.45, 2.75) is 12.8 Å². The summed E-state index contributed by atoms with van der Waals surface area (Å²) in [6.45, 7) is 1.46. The lowest BCUT2D eigenvalue weighted by molar-refractivity contribution is 0.0512. The highest BCUT2D eigenvalue weighted by Crippen LogP contribution is 2.24. The van der Waals surface area contributed by atoms with Crippen LogP contribution in [0.25, 0.3) is 21.8 Å². The lowest BCUT2D eigenvalue weighted by Crippen LogP contribution is -2.17. The molecule has 0 saturated heterocycles. The molecular weight excluding hydrogens is 368 g/mol. The Morgan fingerprint density at radius 2 is 1.14 bits per heavy atom. The van der Waals surface area contributed by atoms with Gasteiger partial charge in [-0.2, -0.15) is 9.46 Å². The van der Waals surface area contributed by atoms with Gasteiger partial charge in [0, 0.05) is 23.9 Å². The monoisotopic (exact) mass is 394 g/mol. The predicted molar refractivity (Wildman–Crippen MR) is 113 cm³/mol. The average molecular weight is 394 g/mol. The molecule has 0 amide bonds. The van der Waals surface area contributed by atoms with Crippen LogP contribution in [0.4, 0.5) is 0 Å². The zero-order valence-electron chi connectivity index (χ0n) is 16.7. The van der Waals surface area contributed by atoms with Gasteiger partial charge in [0.2, 0.25) is 0 Å². The van der Waals surface area contributed by atoms with Crippen molar-refractivity contribution >= 4 is 21.8 Å². The zero-order valence-corrected chi connectivity index (χ0v) is 16.7. The maximum atomic E-state index is 6.31. The van der Waals surface area contributed by atoms with Gasteiger partial charge in [-0.3, -0.25) is 4.94 Å². The van der Waals surface area contributed by atoms with E-state index in [1.165, 1.54) is 21.9 Å². The average Bonchev–Trinajstić information content (AvgIpc) is 3.28. The highest BCUT2D eigenvalue weighted by Gasteiger charge is 2.13. The molecule has 0 bridgehead atoms. The second-order valence-corrected chi connectivity index (χ2v) is 6.77. The third kappa shape index (κ3) is 4.13. The van der Waals surface area contributed by atoms with Crippen molar-refractivity contribution in [3.8, 4) is 0 Å². The van der Waals surface area contributed by atoms with E-state index >= 15 is 0 Å². The van der Waals surface area contributed by atoms with E-state index in [2.05, 4.69) is 35.2 Å². The summed E-state index contributed by atoms with van der Waals surface area (Å²) >= 11 is 0. The molecule has 7 nitrogen and oxygen atoms in total. The van der Waals surface area contributed by atoms with Gasteiger partial charge < -0.3 is 9.68 Å². The van der Waals surface area contributed by atoms with E-state index in [0.717, 1.165) is 37.0 Å². The first-order chi connectivity index (χ1) is 14.3. The maximum Gasteiger partial charge on any atom is 0.0900 e. The molecule has 0 aliphatic heterocycles. The van der Waals surface area contributed by atoms with Crippen molar-refractivity contribution in [1.29, 1.82) is 0 Å². The molecule has 7 heteroatoms. The largest absolute Gasteiger partial charge is 0.305 e. The van der Waals surface area contributed by atoms with E-state index in [1.54, 1.807) is 14.2 Å². The minimum absolute atomic E-state index is 0.730. The summed E-state index contributed by atoms with van der Waals surface area (Å²) in [5.41, 5.74) is 10.3. The quantitative estimate of drug-likeness (QED) is 0.320. The fourth-order valence-corrected chi connectivity index (χ4v) is 3.64. The van der Waals surface area contributed by atoms with Crippen molar-refractivity contribution < 1.29 is 14.6 Å². The van der Waals surface area contributed by atoms with Gasteiger partial charge in [-0.05, 0) is 36.1 Å². The van der Waals surface area contributed by atoms with Crippen LogP contribution in [0.2, 0.25) is 0 Å². The summed E-state index contributed by atoms with van der Waals surface area (Å²) in [7, 11) is 3.26. The van der Waals surface area contributed by atoms with Crippen molar-refractivity contribution in [3.05, 3.63) is 72.1 Å². The van der Waals surface area contributed by atoms with Crippen molar-refractivity contribution in [2.24, 2.45) is 0 Å². The fourth-order valence-electron chi connectivity index (χ4n) is 3.64. The molecular formula is C22H26N4O3. The molecule has 0 atom stereocenters. The highest BCUT2D eigenvalue weighted by atomic mass is 16.8. The van der Waals surface area contributed by atoms with Crippen LogP contribution in [-0.2, 0) is 22.5 Å². The van der Waals surface area contributed by atoms with Gasteiger partial charge >= 0.3 is 0 Å². The molecule has 0 spiro atoms. The number of para-hydroxylation sites is 2. The summed E-state index contributed by atoms with van der Waals surface area (Å²) in [6.07, 6.45) is 5.77. The summed E-state index contributed by atoms with van der Waals surface area (Å²) in [5.74, 6) is 0. The standard InChI is InChI=1S/C22H26N4O3/c1-27-23-13-11-17-15-25(21-9-5-3-7-19(17)21)29-26-16-18(12-14-24-28-2)20-8-4-6-10-22(20)26/h3-10,15-16,23-24H,11-14H2,1-2H3. The predicted octanol–water partition coefficient (Wildman–Crippen LogP) is 2.87. The molecule has 0 aliphatic carbocycles. The van der Waals surface area contributed by atoms with Gasteiger partial charge in [-0.1, -0.05) is 36.4 Å². The van der Waals surface area contributed by atoms with Gasteiger partial charge in [-0.25, -0.2) is 11.0 Å². The van der Waals surface area contributed by atoms with Crippen molar-refractivity contribution in [1.82, 2.24) is 20.4 Å². The number of benzene rings is 2. The first-order valence-electron chi connectivity index (χ1n) is 9.70. The summed E-state index contributed by atoms with van der Waals surface area (Å²) in [4.78, 5) is 16.2. The molecule has 0 fully saturated rings. The Morgan fingerprint density at radius 1 is 0.690 bits per heavy atom. The topological polar surface area (TPSA) is 61.6 Å². The molecule has 2 aromatic carbocycles. The first-order valence-corrected chi connectivity index (χ1v) is 9.70. The molecule has 4 rings (SSSR count). The van der Waals surface area contributed by atoms with E-state index in [9.17, 15) is 0 Å². The molecule has 0 unspecified atom stereocenters. The first kappa shape index (κ1) is 19.5. The fraction of sp³-hybridized carbons (Fsp3) is 0.273. The minimum atomic E-state index is 0.730. The SMILES string of the molecule is CONCCc1cn(On2cc(CCNOC)c3ccccc32)c2ccccc12. The van der Waals surface area contributed by atoms with Crippen LogP contribution in [0.1, 0.15) is 11.1 Å². The molecule has 29 heavy (non-hydrogen) atoms. The van der Waals surface area contributed by atoms with Crippen LogP contribution >= 0.6 is 0 Å². The Hall–Kier alpha value is -2.84. The number of aromatic nitrogens is 2. The van der Waals surface area contributed by atoms with Gasteiger partial charge in [-0.15, -0.1) is 0 Å². The number of hydrogen-bond donors (Lipinski definition) is 2. The number of nitrogens with one attached hydrogen (secondary N) is 2. The Bertz CT molecular complexity index is 1000. The smallest absolute Gasteiger partial charge is 0.0900 e. The number of rotatable bonds is 10. The summed E-state index contributed by atoms with van der Waals surface area (Å²) in [6, 6.07) is 16.5. The van der Waals surface area contributed by atoms with Crippen LogP contribution in [0.15, 0.2) is 60.9 Å². The molecule has 0 radical (unpaired) electrons. The normalized spacial score (nSPS) is 11.5. The van der Waals surface area contributed by atoms with Crippen LogP contribution in [0, 0.1) is 0 Å². The third-order valence-corrected chi connectivity index (χ3v) is 4.98. The Morgan fingerprint density at radius 3 is 1.59 bits per heavy atom. The Labute approximate surface area is 169 Å². The van der Waals surface area contributed by atoms with Crippen LogP contribution in [0.5, 0.6) is 0 Å². The Kier molecular flexibility index (Phi) is 6.12. The van der Waals surface area contributed by atoms with Crippen molar-refractivity contribution in [2.75, 3.05) is 27.3 Å². The van der Waals surface area contributed by atoms with Gasteiger partial charge in [0.05, 0.1) is 37.6 Å². The maximum absolute atomic E-state index is 6.31. The molecule has 2 heterocycles. The van der Waals surface area contributed by atoms with E-state index < -0.39 is 0 Å². The van der Waals surface area contributed by atoms with Crippen LogP contribution in [0.3, 0.4) is 0 Å². The molecule has 2 N–H and O–H groups in total. The van der Waals surface area contributed by atoms with Gasteiger partial charge in [0.15, 0.2) is 0 Å². The molecule has 4 aromatic rings. The molecule has 0 saturated carbocycles. The van der Waals surface area contributed by atoms with Gasteiger partial charge in [0.25, 0.3) is 0 Å². The lowest BCUT2D eigenvalue weighted by atomic mass is 10.1. The van der Waals surface area contributed by atoms with Gasteiger partial charge in [0.1, 0.15) is 0 Å². The highest BCUT2D eigenvalue weighted by molar-refractivity contribution is 5.85. The number of hydroxylamine groups is 2. The Balaban J connectivity index is 1.67. The third-order valence-electron chi connectivity index (χ3n) is 4.98. The number of fused-ring (bicyclic) bond motifs is 2.